The van der Waals surface area contributed by atoms with Crippen molar-refractivity contribution in [2.24, 2.45) is 5.92 Å². The van der Waals surface area contributed by atoms with Gasteiger partial charge in [-0.05, 0) is 44.1 Å². The molecule has 3 N–H and O–H groups in total. The van der Waals surface area contributed by atoms with Crippen LogP contribution in [-0.4, -0.2) is 59.7 Å². The van der Waals surface area contributed by atoms with Gasteiger partial charge in [0.25, 0.3) is 0 Å². The number of rotatable bonds is 7. The molecule has 32 heavy (non-hydrogen) atoms. The topological polar surface area (TPSA) is 108 Å². The molecule has 0 saturated carbocycles. The van der Waals surface area contributed by atoms with Crippen LogP contribution < -0.4 is 16.0 Å². The van der Waals surface area contributed by atoms with Gasteiger partial charge in [-0.1, -0.05) is 51.1 Å². The second kappa shape index (κ2) is 12.2. The highest BCUT2D eigenvalue weighted by atomic mass is 16.2. The van der Waals surface area contributed by atoms with E-state index in [4.69, 9.17) is 0 Å². The number of hydrogen-bond donors (Lipinski definition) is 3. The molecule has 1 saturated heterocycles. The predicted octanol–water partition coefficient (Wildman–Crippen LogP) is 1.39. The smallest absolute Gasteiger partial charge is 0.245 e. The molecule has 8 nitrogen and oxygen atoms in total. The lowest BCUT2D eigenvalue weighted by Crippen LogP contribution is -2.59. The summed E-state index contributed by atoms with van der Waals surface area (Å²) in [5.41, 5.74) is 1.15. The molecular formula is C24H36N4O4. The molecule has 1 aliphatic heterocycles. The molecule has 0 aliphatic carbocycles. The van der Waals surface area contributed by atoms with Gasteiger partial charge in [-0.3, -0.25) is 19.2 Å². The zero-order valence-electron chi connectivity index (χ0n) is 19.5. The Balaban J connectivity index is 2.19. The second-order valence-electron chi connectivity index (χ2n) is 8.81. The average Bonchev–Trinajstić information content (AvgIpc) is 2.75. The molecule has 0 bridgehead atoms. The normalized spacial score (nSPS) is 23.2. The van der Waals surface area contributed by atoms with Crippen molar-refractivity contribution in [1.82, 2.24) is 20.9 Å². The van der Waals surface area contributed by atoms with Gasteiger partial charge < -0.3 is 20.9 Å². The molecule has 3 atom stereocenters. The molecule has 0 spiro atoms. The molecule has 8 heteroatoms. The molecule has 1 fully saturated rings. The van der Waals surface area contributed by atoms with Gasteiger partial charge in [0, 0.05) is 6.54 Å². The predicted molar refractivity (Wildman–Crippen MR) is 123 cm³/mol. The van der Waals surface area contributed by atoms with Gasteiger partial charge in [-0.15, -0.1) is 0 Å². The van der Waals surface area contributed by atoms with Crippen molar-refractivity contribution < 1.29 is 19.2 Å². The van der Waals surface area contributed by atoms with Crippen LogP contribution >= 0.6 is 0 Å². The van der Waals surface area contributed by atoms with E-state index in [-0.39, 0.29) is 30.2 Å². The van der Waals surface area contributed by atoms with Crippen LogP contribution in [-0.2, 0) is 25.6 Å². The van der Waals surface area contributed by atoms with Gasteiger partial charge in [0.15, 0.2) is 0 Å². The van der Waals surface area contributed by atoms with E-state index in [1.165, 1.54) is 4.90 Å². The molecule has 1 heterocycles. The summed E-state index contributed by atoms with van der Waals surface area (Å²) in [4.78, 5) is 52.8. The van der Waals surface area contributed by atoms with Crippen LogP contribution in [0.2, 0.25) is 0 Å². The number of aryl methyl sites for hydroxylation is 1. The first kappa shape index (κ1) is 25.4. The summed E-state index contributed by atoms with van der Waals surface area (Å²) in [5, 5.41) is 8.22. The van der Waals surface area contributed by atoms with Crippen LogP contribution in [0.1, 0.15) is 52.5 Å². The molecule has 0 aromatic heterocycles. The largest absolute Gasteiger partial charge is 0.343 e. The van der Waals surface area contributed by atoms with Crippen LogP contribution in [0.5, 0.6) is 0 Å². The number of nitrogens with zero attached hydrogens (tertiary/aromatic N) is 1. The van der Waals surface area contributed by atoms with E-state index in [9.17, 15) is 19.2 Å². The van der Waals surface area contributed by atoms with Crippen LogP contribution in [0.3, 0.4) is 0 Å². The summed E-state index contributed by atoms with van der Waals surface area (Å²) in [5.74, 6) is -1.34. The van der Waals surface area contributed by atoms with Crippen molar-refractivity contribution in [3.63, 3.8) is 0 Å². The fraction of sp³-hybridized carbons (Fsp3) is 0.583. The van der Waals surface area contributed by atoms with E-state index in [2.05, 4.69) is 16.0 Å². The third kappa shape index (κ3) is 7.66. The Morgan fingerprint density at radius 2 is 1.62 bits per heavy atom. The summed E-state index contributed by atoms with van der Waals surface area (Å²) in [6.45, 7) is 7.52. The number of amides is 4. The molecule has 3 unspecified atom stereocenters. The second-order valence-corrected chi connectivity index (χ2v) is 8.81. The molecular weight excluding hydrogens is 408 g/mol. The van der Waals surface area contributed by atoms with E-state index in [0.29, 0.717) is 25.8 Å². The Labute approximate surface area is 190 Å². The monoisotopic (exact) mass is 444 g/mol. The maximum absolute atomic E-state index is 13.0. The summed E-state index contributed by atoms with van der Waals surface area (Å²) < 4.78 is 0. The van der Waals surface area contributed by atoms with Gasteiger partial charge in [0.2, 0.25) is 23.6 Å². The van der Waals surface area contributed by atoms with Crippen LogP contribution in [0.15, 0.2) is 30.3 Å². The third-order valence-corrected chi connectivity index (χ3v) is 5.45. The standard InChI is InChI=1S/C24H36N4O4/c1-5-19-22(30)25-17(4)24(32)28(14-16(2)3)15-21(29)26-20(23(31)27-19)13-9-12-18-10-7-6-8-11-18/h6-8,10-11,16-17,19-20H,5,9,12-15H2,1-4H3,(H,25,30)(H,26,29)(H,27,31). The van der Waals surface area contributed by atoms with E-state index >= 15 is 0 Å². The van der Waals surface area contributed by atoms with Crippen LogP contribution in [0, 0.1) is 5.92 Å². The fourth-order valence-corrected chi connectivity index (χ4v) is 3.79. The SMILES string of the molecule is CCC1NC(=O)C(CCCc2ccccc2)NC(=O)CN(CC(C)C)C(=O)C(C)NC1=O. The molecule has 1 aromatic carbocycles. The van der Waals surface area contributed by atoms with Crippen LogP contribution in [0.25, 0.3) is 0 Å². The third-order valence-electron chi connectivity index (χ3n) is 5.45. The van der Waals surface area contributed by atoms with Gasteiger partial charge in [0.1, 0.15) is 18.1 Å². The quantitative estimate of drug-likeness (QED) is 0.591. The molecule has 4 amide bonds. The van der Waals surface area contributed by atoms with Gasteiger partial charge >= 0.3 is 0 Å². The first-order chi connectivity index (χ1) is 15.2. The van der Waals surface area contributed by atoms with E-state index < -0.39 is 24.0 Å². The first-order valence-corrected chi connectivity index (χ1v) is 11.4. The Kier molecular flexibility index (Phi) is 9.68. The van der Waals surface area contributed by atoms with Gasteiger partial charge in [0.05, 0.1) is 6.54 Å². The van der Waals surface area contributed by atoms with Crippen LogP contribution in [0.4, 0.5) is 0 Å². The minimum Gasteiger partial charge on any atom is -0.343 e. The number of nitrogens with one attached hydrogen (secondary N) is 3. The zero-order chi connectivity index (χ0) is 23.7. The highest BCUT2D eigenvalue weighted by Gasteiger charge is 2.31. The highest BCUT2D eigenvalue weighted by Crippen LogP contribution is 2.09. The van der Waals surface area contributed by atoms with Crippen molar-refractivity contribution in [3.8, 4) is 0 Å². The maximum Gasteiger partial charge on any atom is 0.245 e. The molecule has 1 aliphatic rings. The van der Waals surface area contributed by atoms with Crippen molar-refractivity contribution in [1.29, 1.82) is 0 Å². The minimum absolute atomic E-state index is 0.149. The number of benzene rings is 1. The minimum atomic E-state index is -0.791. The van der Waals surface area contributed by atoms with Gasteiger partial charge in [-0.25, -0.2) is 0 Å². The maximum atomic E-state index is 13.0. The molecule has 2 rings (SSSR count). The van der Waals surface area contributed by atoms with Crippen molar-refractivity contribution in [2.75, 3.05) is 13.1 Å². The summed E-state index contributed by atoms with van der Waals surface area (Å²) in [7, 11) is 0. The summed E-state index contributed by atoms with van der Waals surface area (Å²) in [6.07, 6.45) is 2.27. The number of hydrogen-bond acceptors (Lipinski definition) is 4. The van der Waals surface area contributed by atoms with E-state index in [1.54, 1.807) is 13.8 Å². The van der Waals surface area contributed by atoms with Crippen molar-refractivity contribution >= 4 is 23.6 Å². The molecule has 176 valence electrons. The first-order valence-electron chi connectivity index (χ1n) is 11.4. The highest BCUT2D eigenvalue weighted by molar-refractivity contribution is 5.96. The Morgan fingerprint density at radius 3 is 2.25 bits per heavy atom. The molecule has 1 aromatic rings. The Morgan fingerprint density at radius 1 is 0.969 bits per heavy atom. The van der Waals surface area contributed by atoms with E-state index in [0.717, 1.165) is 12.0 Å². The van der Waals surface area contributed by atoms with Crippen molar-refractivity contribution in [2.45, 2.75) is 71.5 Å². The zero-order valence-corrected chi connectivity index (χ0v) is 19.5. The average molecular weight is 445 g/mol. The number of carbonyl (C=O) groups excluding carboxylic acids is 4. The summed E-state index contributed by atoms with van der Waals surface area (Å²) in [6, 6.07) is 7.58. The lowest BCUT2D eigenvalue weighted by molar-refractivity contribution is -0.141. The van der Waals surface area contributed by atoms with E-state index in [1.807, 2.05) is 44.2 Å². The lowest BCUT2D eigenvalue weighted by atomic mass is 10.0. The van der Waals surface area contributed by atoms with Crippen molar-refractivity contribution in [3.05, 3.63) is 35.9 Å². The fourth-order valence-electron chi connectivity index (χ4n) is 3.79. The Hall–Kier alpha value is -2.90. The lowest BCUT2D eigenvalue weighted by Gasteiger charge is -2.30. The van der Waals surface area contributed by atoms with Gasteiger partial charge in [-0.2, -0.15) is 0 Å². The number of carbonyl (C=O) groups is 4. The summed E-state index contributed by atoms with van der Waals surface area (Å²) >= 11 is 0. The Bertz CT molecular complexity index is 796. The molecule has 0 radical (unpaired) electrons.